The molecular weight excluding hydrogens is 342 g/mol. The average molecular weight is 367 g/mol. The molecule has 0 N–H and O–H groups in total. The fourth-order valence-corrected chi connectivity index (χ4v) is 4.07. The second kappa shape index (κ2) is 7.90. The minimum absolute atomic E-state index is 0.0609. The number of nitrogens with zero attached hydrogens (tertiary/aromatic N) is 5. The van der Waals surface area contributed by atoms with Gasteiger partial charge in [-0.1, -0.05) is 6.07 Å². The van der Waals surface area contributed by atoms with Gasteiger partial charge in [0.25, 0.3) is 0 Å². The molecule has 7 nitrogen and oxygen atoms in total. The molecule has 0 bridgehead atoms. The highest BCUT2D eigenvalue weighted by Crippen LogP contribution is 2.25. The maximum atomic E-state index is 12.9. The number of pyridine rings is 1. The molecule has 0 unspecified atom stereocenters. The van der Waals surface area contributed by atoms with Crippen molar-refractivity contribution in [3.8, 4) is 0 Å². The summed E-state index contributed by atoms with van der Waals surface area (Å²) in [5.74, 6) is 0.540. The molecule has 7 heteroatoms. The van der Waals surface area contributed by atoms with Crippen LogP contribution in [0.1, 0.15) is 24.8 Å². The zero-order chi connectivity index (χ0) is 18.6. The van der Waals surface area contributed by atoms with Crippen molar-refractivity contribution in [2.75, 3.05) is 19.6 Å². The van der Waals surface area contributed by atoms with E-state index in [-0.39, 0.29) is 17.7 Å². The highest BCUT2D eigenvalue weighted by Gasteiger charge is 2.37. The quantitative estimate of drug-likeness (QED) is 0.804. The summed E-state index contributed by atoms with van der Waals surface area (Å²) in [5, 5.41) is 4.27. The summed E-state index contributed by atoms with van der Waals surface area (Å²) in [6, 6.07) is 5.76. The molecule has 0 aromatic carbocycles. The van der Waals surface area contributed by atoms with Gasteiger partial charge in [0.15, 0.2) is 0 Å². The molecule has 142 valence electrons. The summed E-state index contributed by atoms with van der Waals surface area (Å²) in [6.07, 6.45) is 9.58. The van der Waals surface area contributed by atoms with Gasteiger partial charge < -0.3 is 9.80 Å². The van der Waals surface area contributed by atoms with Crippen LogP contribution in [0.3, 0.4) is 0 Å². The molecule has 4 heterocycles. The van der Waals surface area contributed by atoms with Crippen LogP contribution in [0.25, 0.3) is 0 Å². The maximum absolute atomic E-state index is 12.9. The number of aromatic nitrogens is 3. The van der Waals surface area contributed by atoms with E-state index in [0.717, 1.165) is 38.0 Å². The van der Waals surface area contributed by atoms with Crippen LogP contribution in [-0.2, 0) is 22.7 Å². The third-order valence-corrected chi connectivity index (χ3v) is 5.59. The second-order valence-electron chi connectivity index (χ2n) is 7.53. The fraction of sp³-hybridized carbons (Fsp3) is 0.500. The molecular formula is C20H25N5O2. The van der Waals surface area contributed by atoms with Crippen LogP contribution in [0.2, 0.25) is 0 Å². The summed E-state index contributed by atoms with van der Waals surface area (Å²) >= 11 is 0. The predicted octanol–water partition coefficient (Wildman–Crippen LogP) is 1.57. The zero-order valence-electron chi connectivity index (χ0n) is 15.4. The van der Waals surface area contributed by atoms with Gasteiger partial charge >= 0.3 is 0 Å². The van der Waals surface area contributed by atoms with Gasteiger partial charge in [0.05, 0.1) is 5.92 Å². The molecule has 2 amide bonds. The largest absolute Gasteiger partial charge is 0.342 e. The van der Waals surface area contributed by atoms with Crippen molar-refractivity contribution in [1.82, 2.24) is 24.6 Å². The Balaban J connectivity index is 1.28. The Morgan fingerprint density at radius 2 is 2.04 bits per heavy atom. The van der Waals surface area contributed by atoms with Crippen LogP contribution < -0.4 is 0 Å². The number of likely N-dealkylation sites (tertiary alicyclic amines) is 2. The third kappa shape index (κ3) is 4.18. The Hall–Kier alpha value is -2.70. The smallest absolute Gasteiger partial charge is 0.227 e. The van der Waals surface area contributed by atoms with Gasteiger partial charge in [0, 0.05) is 63.9 Å². The Labute approximate surface area is 159 Å². The van der Waals surface area contributed by atoms with Crippen molar-refractivity contribution in [3.05, 3.63) is 48.5 Å². The van der Waals surface area contributed by atoms with E-state index < -0.39 is 0 Å². The first-order chi connectivity index (χ1) is 13.2. The molecule has 2 aromatic rings. The van der Waals surface area contributed by atoms with Gasteiger partial charge in [-0.05, 0) is 36.5 Å². The standard InChI is InChI=1S/C20H25N5O2/c26-19-11-18(15-24(19)13-17-3-1-6-21-12-17)20(27)23-9-4-16(5-10-23)14-25-8-2-7-22-25/h1-3,6-8,12,16,18H,4-5,9-11,13-15H2/t18-/m0/s1. The molecule has 2 aliphatic heterocycles. The monoisotopic (exact) mass is 367 g/mol. The van der Waals surface area contributed by atoms with Gasteiger partial charge in [-0.15, -0.1) is 0 Å². The van der Waals surface area contributed by atoms with E-state index in [0.29, 0.717) is 25.4 Å². The molecule has 0 aliphatic carbocycles. The normalized spacial score (nSPS) is 21.0. The lowest BCUT2D eigenvalue weighted by molar-refractivity contribution is -0.137. The number of carbonyl (C=O) groups excluding carboxylic acids is 2. The number of carbonyl (C=O) groups is 2. The molecule has 2 saturated heterocycles. The van der Waals surface area contributed by atoms with Crippen molar-refractivity contribution in [1.29, 1.82) is 0 Å². The zero-order valence-corrected chi connectivity index (χ0v) is 15.4. The van der Waals surface area contributed by atoms with E-state index in [2.05, 4.69) is 10.1 Å². The van der Waals surface area contributed by atoms with E-state index >= 15 is 0 Å². The van der Waals surface area contributed by atoms with Crippen molar-refractivity contribution < 1.29 is 9.59 Å². The van der Waals surface area contributed by atoms with E-state index in [4.69, 9.17) is 0 Å². The number of amides is 2. The molecule has 0 spiro atoms. The summed E-state index contributed by atoms with van der Waals surface area (Å²) < 4.78 is 1.97. The van der Waals surface area contributed by atoms with E-state index in [1.165, 1.54) is 0 Å². The maximum Gasteiger partial charge on any atom is 0.227 e. The number of hydrogen-bond acceptors (Lipinski definition) is 4. The average Bonchev–Trinajstić information content (AvgIpc) is 3.33. The lowest BCUT2D eigenvalue weighted by Gasteiger charge is -2.33. The third-order valence-electron chi connectivity index (χ3n) is 5.59. The lowest BCUT2D eigenvalue weighted by atomic mass is 9.95. The first kappa shape index (κ1) is 17.7. The van der Waals surface area contributed by atoms with Gasteiger partial charge in [-0.25, -0.2) is 0 Å². The lowest BCUT2D eigenvalue weighted by Crippen LogP contribution is -2.43. The van der Waals surface area contributed by atoms with Crippen molar-refractivity contribution in [2.24, 2.45) is 11.8 Å². The highest BCUT2D eigenvalue weighted by atomic mass is 16.2. The number of rotatable bonds is 5. The van der Waals surface area contributed by atoms with Crippen LogP contribution in [0, 0.1) is 11.8 Å². The van der Waals surface area contributed by atoms with Crippen LogP contribution in [0.4, 0.5) is 0 Å². The van der Waals surface area contributed by atoms with Gasteiger partial charge in [0.2, 0.25) is 11.8 Å². The predicted molar refractivity (Wildman–Crippen MR) is 99.3 cm³/mol. The summed E-state index contributed by atoms with van der Waals surface area (Å²) in [5.41, 5.74) is 0.999. The van der Waals surface area contributed by atoms with Gasteiger partial charge in [-0.3, -0.25) is 19.3 Å². The summed E-state index contributed by atoms with van der Waals surface area (Å²) in [7, 11) is 0. The topological polar surface area (TPSA) is 71.3 Å². The van der Waals surface area contributed by atoms with Crippen LogP contribution in [-0.4, -0.2) is 56.0 Å². The second-order valence-corrected chi connectivity index (χ2v) is 7.53. The minimum Gasteiger partial charge on any atom is -0.342 e. The van der Waals surface area contributed by atoms with Gasteiger partial charge in [-0.2, -0.15) is 5.10 Å². The Morgan fingerprint density at radius 1 is 1.19 bits per heavy atom. The first-order valence-corrected chi connectivity index (χ1v) is 9.62. The first-order valence-electron chi connectivity index (χ1n) is 9.62. The number of piperidine rings is 1. The molecule has 2 aliphatic rings. The molecule has 0 saturated carbocycles. The highest BCUT2D eigenvalue weighted by molar-refractivity contribution is 5.89. The SMILES string of the molecule is O=C1C[C@H](C(=O)N2CCC(Cn3cccn3)CC2)CN1Cc1cccnc1. The molecule has 4 rings (SSSR count). The molecule has 0 radical (unpaired) electrons. The number of hydrogen-bond donors (Lipinski definition) is 0. The van der Waals surface area contributed by atoms with Crippen LogP contribution in [0.15, 0.2) is 43.0 Å². The summed E-state index contributed by atoms with van der Waals surface area (Å²) in [6.45, 7) is 3.51. The molecule has 2 fully saturated rings. The van der Waals surface area contributed by atoms with E-state index in [1.54, 1.807) is 23.5 Å². The molecule has 27 heavy (non-hydrogen) atoms. The molecule has 1 atom stereocenters. The van der Waals surface area contributed by atoms with Crippen molar-refractivity contribution >= 4 is 11.8 Å². The fourth-order valence-electron chi connectivity index (χ4n) is 4.07. The summed E-state index contributed by atoms with van der Waals surface area (Å²) in [4.78, 5) is 33.0. The van der Waals surface area contributed by atoms with Crippen molar-refractivity contribution in [2.45, 2.75) is 32.4 Å². The minimum atomic E-state index is -0.211. The van der Waals surface area contributed by atoms with E-state index in [1.807, 2.05) is 34.0 Å². The van der Waals surface area contributed by atoms with Crippen molar-refractivity contribution in [3.63, 3.8) is 0 Å². The van der Waals surface area contributed by atoms with Gasteiger partial charge in [0.1, 0.15) is 0 Å². The van der Waals surface area contributed by atoms with Crippen LogP contribution >= 0.6 is 0 Å². The Kier molecular flexibility index (Phi) is 5.18. The Bertz CT molecular complexity index is 769. The molecule has 2 aromatic heterocycles. The van der Waals surface area contributed by atoms with Crippen LogP contribution in [0.5, 0.6) is 0 Å². The Morgan fingerprint density at radius 3 is 2.74 bits per heavy atom. The van der Waals surface area contributed by atoms with E-state index in [9.17, 15) is 9.59 Å².